The number of rotatable bonds is 2. The maximum atomic E-state index is 12.2. The Morgan fingerprint density at radius 2 is 1.73 bits per heavy atom. The minimum absolute atomic E-state index is 0.321. The topological polar surface area (TPSA) is 15.6 Å². The first kappa shape index (κ1) is 15.1. The summed E-state index contributed by atoms with van der Waals surface area (Å²) in [4.78, 5) is 4.29. The van der Waals surface area contributed by atoms with Gasteiger partial charge in [0.1, 0.15) is 0 Å². The summed E-state index contributed by atoms with van der Waals surface area (Å²) >= 11 is 0.408. The first-order chi connectivity index (χ1) is 6.55. The van der Waals surface area contributed by atoms with Crippen LogP contribution in [0.3, 0.4) is 0 Å². The second-order valence-electron chi connectivity index (χ2n) is 4.30. The summed E-state index contributed by atoms with van der Waals surface area (Å²) in [5.41, 5.74) is -0.321. The van der Waals surface area contributed by atoms with E-state index in [0.717, 1.165) is 0 Å². The van der Waals surface area contributed by atoms with Gasteiger partial charge in [0.05, 0.1) is 0 Å². The van der Waals surface area contributed by atoms with Crippen LogP contribution in [-0.2, 0) is 0 Å². The Labute approximate surface area is 104 Å². The van der Waals surface area contributed by atoms with Crippen molar-refractivity contribution in [3.8, 4) is 0 Å². The summed E-state index contributed by atoms with van der Waals surface area (Å²) in [7, 11) is 0. The summed E-state index contributed by atoms with van der Waals surface area (Å²) in [5, 5.41) is 0. The van der Waals surface area contributed by atoms with Gasteiger partial charge in [0, 0.05) is 0 Å². The first-order valence-corrected chi connectivity index (χ1v) is 6.20. The summed E-state index contributed by atoms with van der Waals surface area (Å²) in [6.45, 7) is 6.57. The molecule has 0 aliphatic carbocycles. The van der Waals surface area contributed by atoms with Crippen molar-refractivity contribution in [1.29, 1.82) is 0 Å². The van der Waals surface area contributed by atoms with Gasteiger partial charge in [-0.15, -0.1) is 0 Å². The monoisotopic (exact) mass is 324 g/mol. The molecule has 0 aliphatic rings. The predicted octanol–water partition coefficient (Wildman–Crippen LogP) is 2.54. The van der Waals surface area contributed by atoms with Crippen LogP contribution in [0.15, 0.2) is 4.99 Å². The first-order valence-electron chi connectivity index (χ1n) is 4.73. The molecule has 2 radical (unpaired) electrons. The van der Waals surface area contributed by atoms with Gasteiger partial charge in [-0.2, -0.15) is 0 Å². The van der Waals surface area contributed by atoms with Crippen LogP contribution < -0.4 is 0 Å². The number of amidine groups is 1. The summed E-state index contributed by atoms with van der Waals surface area (Å²) in [5.74, 6) is 0.544. The van der Waals surface area contributed by atoms with Gasteiger partial charge in [-0.25, -0.2) is 0 Å². The summed E-state index contributed by atoms with van der Waals surface area (Å²) < 4.78 is 37.8. The second-order valence-corrected chi connectivity index (χ2v) is 6.07. The fourth-order valence-corrected chi connectivity index (χ4v) is 2.29. The van der Waals surface area contributed by atoms with E-state index in [9.17, 15) is 13.2 Å². The van der Waals surface area contributed by atoms with Crippen molar-refractivity contribution in [2.24, 2.45) is 4.99 Å². The van der Waals surface area contributed by atoms with Crippen LogP contribution in [0, 0.1) is 0 Å². The zero-order valence-corrected chi connectivity index (χ0v) is 12.8. The van der Waals surface area contributed by atoms with Crippen molar-refractivity contribution in [1.82, 2.24) is 2.89 Å². The van der Waals surface area contributed by atoms with Gasteiger partial charge in [-0.1, -0.05) is 0 Å². The fraction of sp³-hybridized carbons (Fsp3) is 0.889. The molecule has 0 aromatic rings. The van der Waals surface area contributed by atoms with Gasteiger partial charge in [0.25, 0.3) is 0 Å². The predicted molar refractivity (Wildman–Crippen MR) is 56.0 cm³/mol. The molecule has 0 rings (SSSR count). The van der Waals surface area contributed by atoms with Crippen molar-refractivity contribution >= 4 is 30.5 Å². The van der Waals surface area contributed by atoms with Crippen LogP contribution in [-0.4, -0.2) is 51.6 Å². The van der Waals surface area contributed by atoms with Crippen molar-refractivity contribution < 1.29 is 13.2 Å². The van der Waals surface area contributed by atoms with E-state index in [-0.39, 0.29) is 5.54 Å². The SMILES string of the molecule is CCC(=NC(C)(C)C)[N]([In])CC(F)(F)F. The Morgan fingerprint density at radius 1 is 1.27 bits per heavy atom. The molecule has 2 nitrogen and oxygen atoms in total. The number of aliphatic imine (C=N–C) groups is 1. The van der Waals surface area contributed by atoms with Gasteiger partial charge in [0.15, 0.2) is 0 Å². The van der Waals surface area contributed by atoms with E-state index in [1.165, 1.54) is 2.89 Å². The molecule has 0 N–H and O–H groups in total. The van der Waals surface area contributed by atoms with E-state index < -0.39 is 12.7 Å². The molecule has 0 bridgehead atoms. The van der Waals surface area contributed by atoms with Crippen LogP contribution >= 0.6 is 0 Å². The molecular weight excluding hydrogens is 308 g/mol. The van der Waals surface area contributed by atoms with Gasteiger partial charge < -0.3 is 0 Å². The third-order valence-corrected chi connectivity index (χ3v) is 2.83. The number of alkyl halides is 3. The Hall–Kier alpha value is 0.130. The molecule has 0 unspecified atom stereocenters. The molecule has 0 aromatic heterocycles. The fourth-order valence-electron chi connectivity index (χ4n) is 1.02. The molecular formula is C9H16F3InN2. The molecule has 0 amide bonds. The minimum atomic E-state index is -4.15. The van der Waals surface area contributed by atoms with E-state index >= 15 is 0 Å². The number of nitrogens with zero attached hydrogens (tertiary/aromatic N) is 2. The molecule has 0 aliphatic heterocycles. The molecule has 0 aromatic carbocycles. The van der Waals surface area contributed by atoms with Crippen molar-refractivity contribution in [3.05, 3.63) is 0 Å². The third kappa shape index (κ3) is 7.99. The van der Waals surface area contributed by atoms with Gasteiger partial charge >= 0.3 is 104 Å². The van der Waals surface area contributed by atoms with Gasteiger partial charge in [0.2, 0.25) is 0 Å². The average Bonchev–Trinajstić information content (AvgIpc) is 1.94. The maximum absolute atomic E-state index is 12.2. The van der Waals surface area contributed by atoms with E-state index in [4.69, 9.17) is 0 Å². The van der Waals surface area contributed by atoms with Gasteiger partial charge in [-0.05, 0) is 0 Å². The quantitative estimate of drug-likeness (QED) is 0.563. The standard InChI is InChI=1S/C9H16F3N2.In/c1-5-7(14-8(2,3)4)13-6-9(10,11)12;/h5-6H2,1-4H3;/q-1;+1. The Morgan fingerprint density at radius 3 is 2.00 bits per heavy atom. The zero-order chi connectivity index (χ0) is 12.3. The van der Waals surface area contributed by atoms with Crippen LogP contribution in [0.1, 0.15) is 34.1 Å². The van der Waals surface area contributed by atoms with Crippen molar-refractivity contribution in [2.75, 3.05) is 6.54 Å². The Kier molecular flexibility index (Phi) is 5.50. The van der Waals surface area contributed by atoms with E-state index in [0.29, 0.717) is 36.9 Å². The number of hydrogen-bond acceptors (Lipinski definition) is 1. The van der Waals surface area contributed by atoms with Crippen molar-refractivity contribution in [3.63, 3.8) is 0 Å². The number of hydrogen-bond donors (Lipinski definition) is 0. The molecule has 0 saturated carbocycles. The molecule has 86 valence electrons. The molecule has 0 heterocycles. The zero-order valence-electron chi connectivity index (χ0n) is 9.52. The Bertz CT molecular complexity index is 230. The van der Waals surface area contributed by atoms with Crippen LogP contribution in [0.5, 0.6) is 0 Å². The van der Waals surface area contributed by atoms with E-state index in [1.807, 2.05) is 27.7 Å². The van der Waals surface area contributed by atoms with Crippen LogP contribution in [0.25, 0.3) is 0 Å². The average molecular weight is 324 g/mol. The second kappa shape index (κ2) is 5.46. The summed E-state index contributed by atoms with van der Waals surface area (Å²) in [6.07, 6.45) is -3.61. The van der Waals surface area contributed by atoms with Crippen LogP contribution in [0.4, 0.5) is 13.2 Å². The van der Waals surface area contributed by atoms with Crippen molar-refractivity contribution in [2.45, 2.75) is 45.8 Å². The molecule has 0 spiro atoms. The third-order valence-electron chi connectivity index (χ3n) is 1.46. The van der Waals surface area contributed by atoms with E-state index in [1.54, 1.807) is 0 Å². The molecule has 0 atom stereocenters. The molecule has 15 heavy (non-hydrogen) atoms. The molecule has 6 heteroatoms. The normalized spacial score (nSPS) is 14.2. The number of halogens is 3. The van der Waals surface area contributed by atoms with Gasteiger partial charge in [-0.3, -0.25) is 0 Å². The van der Waals surface area contributed by atoms with Crippen LogP contribution in [0.2, 0.25) is 0 Å². The molecule has 0 saturated heterocycles. The summed E-state index contributed by atoms with van der Waals surface area (Å²) in [6, 6.07) is 0. The van der Waals surface area contributed by atoms with E-state index in [2.05, 4.69) is 4.99 Å². The Balaban J connectivity index is 4.63. The molecule has 0 fully saturated rings.